The van der Waals surface area contributed by atoms with E-state index in [0.717, 1.165) is 0 Å². The van der Waals surface area contributed by atoms with E-state index in [4.69, 9.17) is 16.7 Å². The zero-order chi connectivity index (χ0) is 15.6. The van der Waals surface area contributed by atoms with Crippen molar-refractivity contribution in [1.82, 2.24) is 0 Å². The standard InChI is InChI=1S/C14H14ClFN2O2S/c1-9-2-5-12(7-14(9)21(17,19)20)18-8-10-3-4-11(16)6-13(10)15/h2-7,18H,8H2,1H3,(H2,17,19,20). The normalized spacial score (nSPS) is 11.4. The molecular weight excluding hydrogens is 315 g/mol. The Morgan fingerprint density at radius 1 is 1.24 bits per heavy atom. The summed E-state index contributed by atoms with van der Waals surface area (Å²) < 4.78 is 35.9. The van der Waals surface area contributed by atoms with E-state index in [1.807, 2.05) is 0 Å². The summed E-state index contributed by atoms with van der Waals surface area (Å²) in [4.78, 5) is 0.0673. The molecule has 112 valence electrons. The Morgan fingerprint density at radius 3 is 2.57 bits per heavy atom. The van der Waals surface area contributed by atoms with Gasteiger partial charge in [-0.05, 0) is 42.3 Å². The molecule has 0 radical (unpaired) electrons. The van der Waals surface area contributed by atoms with Crippen LogP contribution in [-0.4, -0.2) is 8.42 Å². The molecule has 2 rings (SSSR count). The molecule has 3 N–H and O–H groups in total. The van der Waals surface area contributed by atoms with Crippen molar-refractivity contribution in [1.29, 1.82) is 0 Å². The Balaban J connectivity index is 2.21. The molecule has 0 amide bonds. The molecule has 0 atom stereocenters. The zero-order valence-electron chi connectivity index (χ0n) is 11.2. The van der Waals surface area contributed by atoms with E-state index in [-0.39, 0.29) is 4.90 Å². The average molecular weight is 329 g/mol. The van der Waals surface area contributed by atoms with Crippen molar-refractivity contribution in [2.75, 3.05) is 5.32 Å². The summed E-state index contributed by atoms with van der Waals surface area (Å²) in [7, 11) is -3.77. The fraction of sp³-hybridized carbons (Fsp3) is 0.143. The average Bonchev–Trinajstić information content (AvgIpc) is 2.38. The van der Waals surface area contributed by atoms with E-state index in [1.165, 1.54) is 18.2 Å². The van der Waals surface area contributed by atoms with Gasteiger partial charge in [-0.1, -0.05) is 23.7 Å². The number of sulfonamides is 1. The van der Waals surface area contributed by atoms with Crippen LogP contribution in [0, 0.1) is 12.7 Å². The first-order valence-electron chi connectivity index (χ1n) is 6.08. The minimum atomic E-state index is -3.77. The molecule has 21 heavy (non-hydrogen) atoms. The summed E-state index contributed by atoms with van der Waals surface area (Å²) in [6, 6.07) is 8.97. The first-order chi connectivity index (χ1) is 9.77. The lowest BCUT2D eigenvalue weighted by Gasteiger charge is -2.11. The van der Waals surface area contributed by atoms with E-state index < -0.39 is 15.8 Å². The van der Waals surface area contributed by atoms with Crippen molar-refractivity contribution >= 4 is 27.3 Å². The van der Waals surface area contributed by atoms with Crippen LogP contribution in [-0.2, 0) is 16.6 Å². The molecule has 2 aromatic rings. The van der Waals surface area contributed by atoms with Gasteiger partial charge in [-0.2, -0.15) is 0 Å². The van der Waals surface area contributed by atoms with E-state index >= 15 is 0 Å². The number of rotatable bonds is 4. The van der Waals surface area contributed by atoms with Crippen molar-refractivity contribution in [3.05, 3.63) is 58.4 Å². The number of hydrogen-bond donors (Lipinski definition) is 2. The fourth-order valence-electron chi connectivity index (χ4n) is 1.88. The van der Waals surface area contributed by atoms with Crippen LogP contribution in [0.25, 0.3) is 0 Å². The topological polar surface area (TPSA) is 72.2 Å². The number of anilines is 1. The second-order valence-electron chi connectivity index (χ2n) is 4.61. The van der Waals surface area contributed by atoms with Gasteiger partial charge in [0.15, 0.2) is 0 Å². The lowest BCUT2D eigenvalue weighted by atomic mass is 10.2. The molecule has 0 aliphatic heterocycles. The van der Waals surface area contributed by atoms with Crippen LogP contribution in [0.5, 0.6) is 0 Å². The van der Waals surface area contributed by atoms with Crippen LogP contribution in [0.4, 0.5) is 10.1 Å². The van der Waals surface area contributed by atoms with Crippen molar-refractivity contribution in [3.63, 3.8) is 0 Å². The van der Waals surface area contributed by atoms with Gasteiger partial charge in [-0.25, -0.2) is 17.9 Å². The molecule has 0 bridgehead atoms. The quantitative estimate of drug-likeness (QED) is 0.906. The Labute approximate surface area is 127 Å². The molecule has 0 spiro atoms. The molecule has 4 nitrogen and oxygen atoms in total. The second kappa shape index (κ2) is 6.01. The monoisotopic (exact) mass is 328 g/mol. The van der Waals surface area contributed by atoms with Gasteiger partial charge in [0.25, 0.3) is 0 Å². The Bertz CT molecular complexity index is 779. The number of hydrogen-bond acceptors (Lipinski definition) is 3. The number of primary sulfonamides is 1. The highest BCUT2D eigenvalue weighted by Crippen LogP contribution is 2.22. The third-order valence-electron chi connectivity index (χ3n) is 2.99. The number of nitrogens with one attached hydrogen (secondary N) is 1. The maximum Gasteiger partial charge on any atom is 0.238 e. The Kier molecular flexibility index (Phi) is 4.51. The lowest BCUT2D eigenvalue weighted by molar-refractivity contribution is 0.597. The number of nitrogens with two attached hydrogens (primary N) is 1. The van der Waals surface area contributed by atoms with Gasteiger partial charge >= 0.3 is 0 Å². The number of halogens is 2. The van der Waals surface area contributed by atoms with Crippen LogP contribution < -0.4 is 10.5 Å². The first kappa shape index (κ1) is 15.8. The van der Waals surface area contributed by atoms with Gasteiger partial charge < -0.3 is 5.32 Å². The van der Waals surface area contributed by atoms with Crippen LogP contribution >= 0.6 is 11.6 Å². The van der Waals surface area contributed by atoms with Crippen LogP contribution in [0.1, 0.15) is 11.1 Å². The van der Waals surface area contributed by atoms with E-state index in [9.17, 15) is 12.8 Å². The molecular formula is C14H14ClFN2O2S. The van der Waals surface area contributed by atoms with Crippen LogP contribution in [0.15, 0.2) is 41.3 Å². The largest absolute Gasteiger partial charge is 0.381 e. The Morgan fingerprint density at radius 2 is 1.95 bits per heavy atom. The first-order valence-corrected chi connectivity index (χ1v) is 8.01. The highest BCUT2D eigenvalue weighted by Gasteiger charge is 2.12. The molecule has 0 aromatic heterocycles. The van der Waals surface area contributed by atoms with Crippen LogP contribution in [0.2, 0.25) is 5.02 Å². The van der Waals surface area contributed by atoms with E-state index in [0.29, 0.717) is 28.4 Å². The predicted octanol–water partition coefficient (Wildman–Crippen LogP) is 3.05. The van der Waals surface area contributed by atoms with Gasteiger partial charge in [-0.3, -0.25) is 0 Å². The van der Waals surface area contributed by atoms with Crippen molar-refractivity contribution in [2.24, 2.45) is 5.14 Å². The van der Waals surface area contributed by atoms with Crippen LogP contribution in [0.3, 0.4) is 0 Å². The smallest absolute Gasteiger partial charge is 0.238 e. The van der Waals surface area contributed by atoms with Gasteiger partial charge in [-0.15, -0.1) is 0 Å². The summed E-state index contributed by atoms with van der Waals surface area (Å²) in [5, 5.41) is 8.50. The summed E-state index contributed by atoms with van der Waals surface area (Å²) in [6.45, 7) is 2.01. The lowest BCUT2D eigenvalue weighted by Crippen LogP contribution is -2.14. The van der Waals surface area contributed by atoms with Gasteiger partial charge in [0.2, 0.25) is 10.0 Å². The van der Waals surface area contributed by atoms with Crippen molar-refractivity contribution in [2.45, 2.75) is 18.4 Å². The summed E-state index contributed by atoms with van der Waals surface area (Å²) in [5.74, 6) is -0.407. The molecule has 0 fully saturated rings. The molecule has 0 saturated carbocycles. The SMILES string of the molecule is Cc1ccc(NCc2ccc(F)cc2Cl)cc1S(N)(=O)=O. The van der Waals surface area contributed by atoms with E-state index in [1.54, 1.807) is 25.1 Å². The molecule has 7 heteroatoms. The second-order valence-corrected chi connectivity index (χ2v) is 6.55. The van der Waals surface area contributed by atoms with Crippen molar-refractivity contribution < 1.29 is 12.8 Å². The fourth-order valence-corrected chi connectivity index (χ4v) is 2.92. The van der Waals surface area contributed by atoms with E-state index in [2.05, 4.69) is 5.32 Å². The van der Waals surface area contributed by atoms with Gasteiger partial charge in [0.05, 0.1) is 4.90 Å². The minimum Gasteiger partial charge on any atom is -0.381 e. The molecule has 2 aromatic carbocycles. The highest BCUT2D eigenvalue weighted by molar-refractivity contribution is 7.89. The third kappa shape index (κ3) is 3.93. The number of benzene rings is 2. The third-order valence-corrected chi connectivity index (χ3v) is 4.40. The molecule has 0 aliphatic carbocycles. The molecule has 0 unspecified atom stereocenters. The minimum absolute atomic E-state index is 0.0673. The van der Waals surface area contributed by atoms with Crippen molar-refractivity contribution in [3.8, 4) is 0 Å². The van der Waals surface area contributed by atoms with Gasteiger partial charge in [0.1, 0.15) is 5.82 Å². The molecule has 0 aliphatic rings. The zero-order valence-corrected chi connectivity index (χ0v) is 12.8. The molecule has 0 heterocycles. The summed E-state index contributed by atoms with van der Waals surface area (Å²) in [6.07, 6.45) is 0. The molecule has 0 saturated heterocycles. The summed E-state index contributed by atoms with van der Waals surface area (Å²) in [5.41, 5.74) is 1.86. The van der Waals surface area contributed by atoms with Gasteiger partial charge in [0, 0.05) is 17.3 Å². The number of aryl methyl sites for hydroxylation is 1. The maximum absolute atomic E-state index is 13.0. The summed E-state index contributed by atoms with van der Waals surface area (Å²) >= 11 is 5.93. The highest BCUT2D eigenvalue weighted by atomic mass is 35.5. The Hall–Kier alpha value is -1.63. The maximum atomic E-state index is 13.0. The predicted molar refractivity (Wildman–Crippen MR) is 81.3 cm³/mol.